The molecule has 0 saturated heterocycles. The number of ether oxygens (including phenoxy) is 2. The van der Waals surface area contributed by atoms with Gasteiger partial charge in [-0.3, -0.25) is 0 Å². The highest BCUT2D eigenvalue weighted by Crippen LogP contribution is 2.23. The van der Waals surface area contributed by atoms with E-state index in [0.29, 0.717) is 5.46 Å². The smallest absolute Gasteiger partial charge is 0.423 e. The van der Waals surface area contributed by atoms with E-state index in [4.69, 9.17) is 9.47 Å². The van der Waals surface area contributed by atoms with Crippen molar-refractivity contribution >= 4 is 12.6 Å². The zero-order valence-electron chi connectivity index (χ0n) is 9.80. The van der Waals surface area contributed by atoms with E-state index in [9.17, 15) is 10.0 Å². The fourth-order valence-corrected chi connectivity index (χ4v) is 1.55. The fraction of sp³-hybridized carbons (Fsp3) is 0.455. The first-order chi connectivity index (χ1) is 7.49. The number of methoxy groups -OCH3 is 1. The third-order valence-electron chi connectivity index (χ3n) is 2.43. The van der Waals surface area contributed by atoms with E-state index in [1.165, 1.54) is 0 Å². The molecule has 1 rings (SSSR count). The molecule has 0 saturated carbocycles. The third-order valence-corrected chi connectivity index (χ3v) is 2.43. The maximum atomic E-state index is 9.26. The summed E-state index contributed by atoms with van der Waals surface area (Å²) >= 11 is 0. The highest BCUT2D eigenvalue weighted by atomic mass is 16.7. The van der Waals surface area contributed by atoms with Crippen LogP contribution >= 0.6 is 0 Å². The van der Waals surface area contributed by atoms with Gasteiger partial charge in [-0.05, 0) is 24.9 Å². The lowest BCUT2D eigenvalue weighted by molar-refractivity contribution is -0.117. The van der Waals surface area contributed by atoms with Gasteiger partial charge in [0.05, 0.1) is 5.60 Å². The van der Waals surface area contributed by atoms with Crippen LogP contribution in [-0.2, 0) is 15.1 Å². The van der Waals surface area contributed by atoms with Crippen LogP contribution in [0.15, 0.2) is 24.3 Å². The standard InChI is InChI=1S/C11H17BO4/c1-11(2,16-8-15-3)9-6-4-5-7-10(9)12(13)14/h4-7,13-14H,8H2,1-3H3. The normalized spacial score (nSPS) is 11.6. The van der Waals surface area contributed by atoms with Crippen molar-refractivity contribution in [2.45, 2.75) is 19.4 Å². The average molecular weight is 224 g/mol. The van der Waals surface area contributed by atoms with E-state index in [1.807, 2.05) is 26.0 Å². The SMILES string of the molecule is COCOC(C)(C)c1ccccc1B(O)O. The fourth-order valence-electron chi connectivity index (χ4n) is 1.55. The van der Waals surface area contributed by atoms with E-state index >= 15 is 0 Å². The molecular formula is C11H17BO4. The monoisotopic (exact) mass is 224 g/mol. The number of benzene rings is 1. The van der Waals surface area contributed by atoms with Gasteiger partial charge in [-0.2, -0.15) is 0 Å². The van der Waals surface area contributed by atoms with E-state index in [2.05, 4.69) is 0 Å². The van der Waals surface area contributed by atoms with Crippen molar-refractivity contribution in [3.8, 4) is 0 Å². The van der Waals surface area contributed by atoms with Gasteiger partial charge >= 0.3 is 7.12 Å². The summed E-state index contributed by atoms with van der Waals surface area (Å²) in [6.07, 6.45) is 0. The summed E-state index contributed by atoms with van der Waals surface area (Å²) in [6, 6.07) is 7.06. The van der Waals surface area contributed by atoms with Gasteiger partial charge in [0.25, 0.3) is 0 Å². The maximum absolute atomic E-state index is 9.26. The van der Waals surface area contributed by atoms with Gasteiger partial charge < -0.3 is 19.5 Å². The van der Waals surface area contributed by atoms with Crippen molar-refractivity contribution in [3.63, 3.8) is 0 Å². The zero-order valence-corrected chi connectivity index (χ0v) is 9.80. The van der Waals surface area contributed by atoms with Crippen LogP contribution in [0.2, 0.25) is 0 Å². The second kappa shape index (κ2) is 5.45. The first-order valence-electron chi connectivity index (χ1n) is 5.07. The van der Waals surface area contributed by atoms with E-state index < -0.39 is 12.7 Å². The summed E-state index contributed by atoms with van der Waals surface area (Å²) in [7, 11) is 0.0460. The first-order valence-corrected chi connectivity index (χ1v) is 5.07. The Bertz CT molecular complexity index is 339. The van der Waals surface area contributed by atoms with Crippen LogP contribution in [0.3, 0.4) is 0 Å². The lowest BCUT2D eigenvalue weighted by Gasteiger charge is -2.27. The minimum absolute atomic E-state index is 0.156. The molecule has 0 bridgehead atoms. The van der Waals surface area contributed by atoms with Crippen LogP contribution in [0.5, 0.6) is 0 Å². The Morgan fingerprint density at radius 1 is 1.25 bits per heavy atom. The molecule has 1 aromatic rings. The van der Waals surface area contributed by atoms with Gasteiger partial charge in [-0.1, -0.05) is 24.3 Å². The van der Waals surface area contributed by atoms with E-state index in [-0.39, 0.29) is 6.79 Å². The zero-order chi connectivity index (χ0) is 12.2. The van der Waals surface area contributed by atoms with Crippen LogP contribution in [-0.4, -0.2) is 31.1 Å². The predicted molar refractivity (Wildman–Crippen MR) is 62.3 cm³/mol. The Morgan fingerprint density at radius 2 is 1.88 bits per heavy atom. The molecule has 4 nitrogen and oxygen atoms in total. The second-order valence-electron chi connectivity index (χ2n) is 4.02. The molecule has 0 aliphatic carbocycles. The summed E-state index contributed by atoms with van der Waals surface area (Å²) in [6.45, 7) is 3.86. The van der Waals surface area contributed by atoms with E-state index in [0.717, 1.165) is 5.56 Å². The molecule has 0 aliphatic rings. The van der Waals surface area contributed by atoms with Crippen LogP contribution in [0, 0.1) is 0 Å². The summed E-state index contributed by atoms with van der Waals surface area (Å²) in [5.41, 5.74) is 0.557. The molecule has 0 spiro atoms. The molecule has 88 valence electrons. The van der Waals surface area contributed by atoms with Crippen LogP contribution in [0.4, 0.5) is 0 Å². The molecular weight excluding hydrogens is 207 g/mol. The van der Waals surface area contributed by atoms with Crippen LogP contribution < -0.4 is 5.46 Å². The Hall–Kier alpha value is -0.875. The molecule has 0 unspecified atom stereocenters. The molecule has 0 atom stereocenters. The van der Waals surface area contributed by atoms with Gasteiger partial charge in [0.2, 0.25) is 0 Å². The molecule has 0 aromatic heterocycles. The predicted octanol–water partition coefficient (Wildman–Crippen LogP) is 0.222. The molecule has 0 aliphatic heterocycles. The van der Waals surface area contributed by atoms with Gasteiger partial charge in [0.15, 0.2) is 0 Å². The minimum Gasteiger partial charge on any atom is -0.423 e. The Morgan fingerprint density at radius 3 is 2.44 bits per heavy atom. The Labute approximate surface area is 96.0 Å². The molecule has 0 heterocycles. The van der Waals surface area contributed by atoms with Crippen molar-refractivity contribution in [2.24, 2.45) is 0 Å². The molecule has 1 aromatic carbocycles. The largest absolute Gasteiger partial charge is 0.488 e. The second-order valence-corrected chi connectivity index (χ2v) is 4.02. The molecule has 0 amide bonds. The van der Waals surface area contributed by atoms with Gasteiger partial charge in [0.1, 0.15) is 6.79 Å². The van der Waals surface area contributed by atoms with Crippen molar-refractivity contribution in [2.75, 3.05) is 13.9 Å². The lowest BCUT2D eigenvalue weighted by atomic mass is 9.73. The van der Waals surface area contributed by atoms with Gasteiger partial charge in [-0.25, -0.2) is 0 Å². The molecule has 0 fully saturated rings. The quantitative estimate of drug-likeness (QED) is 0.555. The molecule has 16 heavy (non-hydrogen) atoms. The third kappa shape index (κ3) is 3.06. The highest BCUT2D eigenvalue weighted by molar-refractivity contribution is 6.59. The van der Waals surface area contributed by atoms with Crippen molar-refractivity contribution in [1.82, 2.24) is 0 Å². The van der Waals surface area contributed by atoms with Crippen molar-refractivity contribution in [1.29, 1.82) is 0 Å². The number of hydrogen-bond acceptors (Lipinski definition) is 4. The van der Waals surface area contributed by atoms with Gasteiger partial charge in [-0.15, -0.1) is 0 Å². The molecule has 5 heteroatoms. The van der Waals surface area contributed by atoms with Gasteiger partial charge in [0, 0.05) is 7.11 Å². The van der Waals surface area contributed by atoms with Crippen molar-refractivity contribution < 1.29 is 19.5 Å². The van der Waals surface area contributed by atoms with Crippen LogP contribution in [0.25, 0.3) is 0 Å². The topological polar surface area (TPSA) is 58.9 Å². The lowest BCUT2D eigenvalue weighted by Crippen LogP contribution is -2.39. The number of rotatable bonds is 5. The van der Waals surface area contributed by atoms with E-state index in [1.54, 1.807) is 19.2 Å². The summed E-state index contributed by atoms with van der Waals surface area (Å²) in [5, 5.41) is 18.5. The first kappa shape index (κ1) is 13.2. The number of hydrogen-bond donors (Lipinski definition) is 2. The minimum atomic E-state index is -1.50. The summed E-state index contributed by atoms with van der Waals surface area (Å²) in [4.78, 5) is 0. The molecule has 0 radical (unpaired) electrons. The Kier molecular flexibility index (Phi) is 4.50. The van der Waals surface area contributed by atoms with Crippen molar-refractivity contribution in [3.05, 3.63) is 29.8 Å². The average Bonchev–Trinajstić information content (AvgIpc) is 2.26. The molecule has 2 N–H and O–H groups in total. The van der Waals surface area contributed by atoms with Crippen LogP contribution in [0.1, 0.15) is 19.4 Å². The highest BCUT2D eigenvalue weighted by Gasteiger charge is 2.28. The summed E-state index contributed by atoms with van der Waals surface area (Å²) < 4.78 is 10.4. The maximum Gasteiger partial charge on any atom is 0.488 e. The summed E-state index contributed by atoms with van der Waals surface area (Å²) in [5.74, 6) is 0. The Balaban J connectivity index is 3.01.